The van der Waals surface area contributed by atoms with Crippen molar-refractivity contribution >= 4 is 22.5 Å². The van der Waals surface area contributed by atoms with Gasteiger partial charge in [-0.25, -0.2) is 18.7 Å². The van der Waals surface area contributed by atoms with E-state index in [0.29, 0.717) is 6.54 Å². The Morgan fingerprint density at radius 2 is 1.95 bits per heavy atom. The zero-order valence-electron chi connectivity index (χ0n) is 21.1. The van der Waals surface area contributed by atoms with Crippen molar-refractivity contribution in [3.63, 3.8) is 0 Å². The second-order valence-corrected chi connectivity index (χ2v) is 9.33. The van der Waals surface area contributed by atoms with Gasteiger partial charge in [0.25, 0.3) is 0 Å². The summed E-state index contributed by atoms with van der Waals surface area (Å²) in [5.74, 6) is -0.735. The summed E-state index contributed by atoms with van der Waals surface area (Å²) in [5.41, 5.74) is 9.25. The number of nitrogens with zero attached hydrogens (tertiary/aromatic N) is 4. The zero-order valence-corrected chi connectivity index (χ0v) is 21.1. The number of carbonyl (C=O) groups excluding carboxylic acids is 1. The number of nitrogens with two attached hydrogens (primary N) is 1. The number of aromatic nitrogens is 3. The molecule has 1 aliphatic heterocycles. The molecule has 1 saturated heterocycles. The predicted octanol–water partition coefficient (Wildman–Crippen LogP) is 4.58. The Bertz CT molecular complexity index is 1500. The first-order valence-corrected chi connectivity index (χ1v) is 12.3. The van der Waals surface area contributed by atoms with Crippen LogP contribution < -0.4 is 15.4 Å². The Balaban J connectivity index is 1.57. The fraction of sp³-hybridized carbons (Fsp3) is 0.321. The molecule has 2 aromatic carbocycles. The number of rotatable bonds is 7. The Hall–Kier alpha value is -3.85. The first kappa shape index (κ1) is 24.8. The predicted molar refractivity (Wildman–Crippen MR) is 139 cm³/mol. The van der Waals surface area contributed by atoms with E-state index in [1.54, 1.807) is 0 Å². The quantitative estimate of drug-likeness (QED) is 0.370. The lowest BCUT2D eigenvalue weighted by Gasteiger charge is -2.28. The molecular weight excluding hydrogens is 476 g/mol. The van der Waals surface area contributed by atoms with E-state index in [4.69, 9.17) is 15.5 Å². The van der Waals surface area contributed by atoms with Crippen molar-refractivity contribution in [2.75, 3.05) is 25.1 Å². The van der Waals surface area contributed by atoms with Crippen LogP contribution in [-0.4, -0.2) is 46.6 Å². The van der Waals surface area contributed by atoms with Gasteiger partial charge in [0, 0.05) is 32.6 Å². The molecule has 0 radical (unpaired) electrons. The molecule has 4 aromatic rings. The number of fused-ring (bicyclic) bond motifs is 1. The Morgan fingerprint density at radius 3 is 2.70 bits per heavy atom. The van der Waals surface area contributed by atoms with Gasteiger partial charge in [-0.1, -0.05) is 12.1 Å². The van der Waals surface area contributed by atoms with E-state index in [2.05, 4.69) is 9.88 Å². The molecule has 2 N–H and O–H groups in total. The average Bonchev–Trinajstić information content (AvgIpc) is 3.48. The van der Waals surface area contributed by atoms with E-state index < -0.39 is 11.6 Å². The number of hydrogen-bond donors (Lipinski definition) is 1. The van der Waals surface area contributed by atoms with Crippen LogP contribution in [0.3, 0.4) is 0 Å². The molecule has 7 nitrogen and oxygen atoms in total. The summed E-state index contributed by atoms with van der Waals surface area (Å²) in [7, 11) is 3.33. The van der Waals surface area contributed by atoms with Crippen molar-refractivity contribution in [1.29, 1.82) is 0 Å². The molecule has 0 amide bonds. The molecule has 0 saturated carbocycles. The third-order valence-corrected chi connectivity index (χ3v) is 7.19. The molecule has 0 spiro atoms. The van der Waals surface area contributed by atoms with E-state index in [0.717, 1.165) is 53.6 Å². The Morgan fingerprint density at radius 1 is 1.14 bits per heavy atom. The van der Waals surface area contributed by atoms with Crippen molar-refractivity contribution in [2.45, 2.75) is 32.2 Å². The zero-order chi connectivity index (χ0) is 26.3. The van der Waals surface area contributed by atoms with Gasteiger partial charge in [-0.15, -0.1) is 0 Å². The summed E-state index contributed by atoms with van der Waals surface area (Å²) in [6.07, 6.45) is 2.01. The van der Waals surface area contributed by atoms with E-state index in [1.165, 1.54) is 31.4 Å². The molecular formula is C28H29F2N5O2. The topological polar surface area (TPSA) is 86.3 Å². The SMILES string of the molecule is COc1cccc(F)c1-c1nc(C(=O)Cc2ccc3c(nc(C)n3C)c2N2CCC[C@H]2CN)ccc1F. The van der Waals surface area contributed by atoms with Crippen molar-refractivity contribution in [2.24, 2.45) is 12.8 Å². The number of aryl methyl sites for hydroxylation is 2. The van der Waals surface area contributed by atoms with Gasteiger partial charge < -0.3 is 19.9 Å². The number of anilines is 1. The number of methoxy groups -OCH3 is 1. The van der Waals surface area contributed by atoms with E-state index >= 15 is 0 Å². The molecule has 1 aliphatic rings. The van der Waals surface area contributed by atoms with Gasteiger partial charge in [-0.3, -0.25) is 4.79 Å². The van der Waals surface area contributed by atoms with Crippen molar-refractivity contribution < 1.29 is 18.3 Å². The molecule has 5 rings (SSSR count). The first-order chi connectivity index (χ1) is 17.8. The molecule has 0 aliphatic carbocycles. The van der Waals surface area contributed by atoms with E-state index in [9.17, 15) is 13.6 Å². The smallest absolute Gasteiger partial charge is 0.185 e. The highest BCUT2D eigenvalue weighted by Gasteiger charge is 2.29. The lowest BCUT2D eigenvalue weighted by molar-refractivity contribution is 0.0988. The second-order valence-electron chi connectivity index (χ2n) is 9.33. The number of pyridine rings is 1. The number of hydrogen-bond acceptors (Lipinski definition) is 6. The Labute approximate surface area is 213 Å². The number of carbonyl (C=O) groups is 1. The van der Waals surface area contributed by atoms with Crippen LogP contribution in [0, 0.1) is 18.6 Å². The highest BCUT2D eigenvalue weighted by molar-refractivity contribution is 6.00. The lowest BCUT2D eigenvalue weighted by Crippen LogP contribution is -2.36. The van der Waals surface area contributed by atoms with Crippen LogP contribution in [0.25, 0.3) is 22.3 Å². The van der Waals surface area contributed by atoms with Gasteiger partial charge in [0.1, 0.15) is 40.1 Å². The summed E-state index contributed by atoms with van der Waals surface area (Å²) in [6.45, 7) is 3.27. The van der Waals surface area contributed by atoms with Crippen molar-refractivity contribution in [3.8, 4) is 17.0 Å². The maximum atomic E-state index is 14.8. The van der Waals surface area contributed by atoms with Crippen LogP contribution >= 0.6 is 0 Å². The largest absolute Gasteiger partial charge is 0.496 e. The minimum Gasteiger partial charge on any atom is -0.496 e. The minimum absolute atomic E-state index is 0.0289. The maximum absolute atomic E-state index is 14.8. The maximum Gasteiger partial charge on any atom is 0.185 e. The number of Topliss-reactive ketones (excluding diaryl/α,β-unsaturated/α-hetero) is 1. The van der Waals surface area contributed by atoms with Crippen LogP contribution in [0.2, 0.25) is 0 Å². The molecule has 9 heteroatoms. The molecule has 192 valence electrons. The van der Waals surface area contributed by atoms with Gasteiger partial charge in [0.05, 0.1) is 23.9 Å². The van der Waals surface area contributed by atoms with Gasteiger partial charge >= 0.3 is 0 Å². The lowest BCUT2D eigenvalue weighted by atomic mass is 10.0. The fourth-order valence-electron chi connectivity index (χ4n) is 5.18. The summed E-state index contributed by atoms with van der Waals surface area (Å²) in [4.78, 5) is 24.8. The van der Waals surface area contributed by atoms with Crippen LogP contribution in [-0.2, 0) is 13.5 Å². The highest BCUT2D eigenvalue weighted by Crippen LogP contribution is 2.37. The number of imidazole rings is 1. The van der Waals surface area contributed by atoms with Crippen molar-refractivity contribution in [1.82, 2.24) is 14.5 Å². The summed E-state index contributed by atoms with van der Waals surface area (Å²) >= 11 is 0. The van der Waals surface area contributed by atoms with Gasteiger partial charge in [0.15, 0.2) is 5.78 Å². The Kier molecular flexibility index (Phi) is 6.64. The highest BCUT2D eigenvalue weighted by atomic mass is 19.1. The van der Waals surface area contributed by atoms with Gasteiger partial charge in [-0.2, -0.15) is 0 Å². The standard InChI is InChI=1S/C28H29F2N5O2/c1-16-32-27-22(34(16)2)12-9-17(28(27)35-13-5-6-18(35)15-31)14-23(36)21-11-10-20(30)26(33-21)25-19(29)7-4-8-24(25)37-3/h4,7-12,18H,5-6,13-15,31H2,1-3H3/t18-/m0/s1. The van der Waals surface area contributed by atoms with Crippen molar-refractivity contribution in [3.05, 3.63) is 71.2 Å². The molecule has 1 atom stereocenters. The molecule has 3 heterocycles. The van der Waals surface area contributed by atoms with Crippen LogP contribution in [0.4, 0.5) is 14.5 Å². The monoisotopic (exact) mass is 505 g/mol. The van der Waals surface area contributed by atoms with Crippen LogP contribution in [0.5, 0.6) is 5.75 Å². The molecule has 0 unspecified atom stereocenters. The van der Waals surface area contributed by atoms with Crippen LogP contribution in [0.15, 0.2) is 42.5 Å². The molecule has 1 fully saturated rings. The first-order valence-electron chi connectivity index (χ1n) is 12.3. The molecule has 37 heavy (non-hydrogen) atoms. The number of benzene rings is 2. The number of ether oxygens (including phenoxy) is 1. The summed E-state index contributed by atoms with van der Waals surface area (Å²) in [5, 5.41) is 0. The summed E-state index contributed by atoms with van der Waals surface area (Å²) in [6, 6.07) is 10.7. The number of halogens is 2. The second kappa shape index (κ2) is 9.89. The van der Waals surface area contributed by atoms with Crippen LogP contribution in [0.1, 0.15) is 34.7 Å². The molecule has 0 bridgehead atoms. The van der Waals surface area contributed by atoms with E-state index in [-0.39, 0.29) is 40.9 Å². The third kappa shape index (κ3) is 4.33. The average molecular weight is 506 g/mol. The summed E-state index contributed by atoms with van der Waals surface area (Å²) < 4.78 is 36.7. The fourth-order valence-corrected chi connectivity index (χ4v) is 5.18. The normalized spacial score (nSPS) is 15.5. The number of ketones is 1. The van der Waals surface area contributed by atoms with Gasteiger partial charge in [0.2, 0.25) is 0 Å². The minimum atomic E-state index is -0.742. The van der Waals surface area contributed by atoms with Gasteiger partial charge in [-0.05, 0) is 55.7 Å². The molecule has 2 aromatic heterocycles. The van der Waals surface area contributed by atoms with E-state index in [1.807, 2.05) is 30.7 Å². The third-order valence-electron chi connectivity index (χ3n) is 7.19.